The van der Waals surface area contributed by atoms with Gasteiger partial charge in [-0.15, -0.1) is 0 Å². The van der Waals surface area contributed by atoms with E-state index in [0.29, 0.717) is 18.7 Å². The first kappa shape index (κ1) is 19.4. The Morgan fingerprint density at radius 3 is 2.65 bits per heavy atom. The predicted molar refractivity (Wildman–Crippen MR) is 121 cm³/mol. The molecule has 0 aliphatic carbocycles. The summed E-state index contributed by atoms with van der Waals surface area (Å²) >= 11 is 0. The molecule has 3 aromatic carbocycles. The van der Waals surface area contributed by atoms with Crippen molar-refractivity contribution in [2.45, 2.75) is 25.4 Å². The number of carbonyl (C=O) groups excluding carboxylic acids is 1. The van der Waals surface area contributed by atoms with Crippen LogP contribution in [0.2, 0.25) is 0 Å². The van der Waals surface area contributed by atoms with Crippen molar-refractivity contribution >= 4 is 16.9 Å². The lowest BCUT2D eigenvalue weighted by atomic mass is 9.96. The van der Waals surface area contributed by atoms with Crippen molar-refractivity contribution in [3.63, 3.8) is 0 Å². The fourth-order valence-electron chi connectivity index (χ4n) is 4.25. The quantitative estimate of drug-likeness (QED) is 0.493. The van der Waals surface area contributed by atoms with Gasteiger partial charge in [0.15, 0.2) is 0 Å². The third kappa shape index (κ3) is 4.17. The first-order chi connectivity index (χ1) is 15.3. The monoisotopic (exact) mass is 411 g/mol. The van der Waals surface area contributed by atoms with Gasteiger partial charge in [0, 0.05) is 30.1 Å². The Hall–Kier alpha value is -3.60. The van der Waals surface area contributed by atoms with Crippen molar-refractivity contribution in [1.82, 2.24) is 14.9 Å². The molecule has 1 atom stereocenters. The predicted octanol–water partition coefficient (Wildman–Crippen LogP) is 5.16. The normalized spacial score (nSPS) is 16.4. The summed E-state index contributed by atoms with van der Waals surface area (Å²) in [7, 11) is 0. The minimum atomic E-state index is 0.0630. The number of piperidine rings is 1. The highest BCUT2D eigenvalue weighted by molar-refractivity contribution is 5.95. The Labute approximate surface area is 181 Å². The molecule has 5 rings (SSSR count). The summed E-state index contributed by atoms with van der Waals surface area (Å²) < 4.78 is 5.91. The molecular weight excluding hydrogens is 386 g/mol. The number of ether oxygens (including phenoxy) is 1. The molecule has 1 saturated heterocycles. The van der Waals surface area contributed by atoms with Gasteiger partial charge in [-0.3, -0.25) is 4.79 Å². The zero-order valence-electron chi connectivity index (χ0n) is 17.3. The number of imidazole rings is 1. The first-order valence-corrected chi connectivity index (χ1v) is 10.8. The minimum absolute atomic E-state index is 0.0630. The van der Waals surface area contributed by atoms with Gasteiger partial charge in [0.05, 0.1) is 11.0 Å². The molecule has 4 aromatic rings. The summed E-state index contributed by atoms with van der Waals surface area (Å²) in [5.74, 6) is 2.05. The van der Waals surface area contributed by atoms with Gasteiger partial charge in [0.2, 0.25) is 0 Å². The molecule has 5 nitrogen and oxygen atoms in total. The molecule has 0 bridgehead atoms. The molecular formula is C26H25N3O2. The van der Waals surface area contributed by atoms with Crippen LogP contribution in [0.3, 0.4) is 0 Å². The van der Waals surface area contributed by atoms with E-state index in [1.807, 2.05) is 83.8 Å². The van der Waals surface area contributed by atoms with E-state index in [9.17, 15) is 4.79 Å². The van der Waals surface area contributed by atoms with E-state index < -0.39 is 0 Å². The van der Waals surface area contributed by atoms with Crippen molar-refractivity contribution in [2.24, 2.45) is 0 Å². The molecule has 1 unspecified atom stereocenters. The highest BCUT2D eigenvalue weighted by Crippen LogP contribution is 2.28. The van der Waals surface area contributed by atoms with Crippen molar-refractivity contribution in [1.29, 1.82) is 0 Å². The van der Waals surface area contributed by atoms with Gasteiger partial charge >= 0.3 is 0 Å². The van der Waals surface area contributed by atoms with Crippen LogP contribution in [0.5, 0.6) is 5.75 Å². The number of aromatic amines is 1. The highest BCUT2D eigenvalue weighted by atomic mass is 16.5. The molecule has 0 saturated carbocycles. The summed E-state index contributed by atoms with van der Waals surface area (Å²) in [6.07, 6.45) is 2.00. The summed E-state index contributed by atoms with van der Waals surface area (Å²) in [5.41, 5.74) is 3.64. The fraction of sp³-hybridized carbons (Fsp3) is 0.231. The van der Waals surface area contributed by atoms with Gasteiger partial charge in [-0.25, -0.2) is 4.98 Å². The van der Waals surface area contributed by atoms with Gasteiger partial charge in [-0.05, 0) is 43.2 Å². The molecule has 2 heterocycles. The van der Waals surface area contributed by atoms with Crippen molar-refractivity contribution in [2.75, 3.05) is 13.1 Å². The number of fused-ring (bicyclic) bond motifs is 1. The molecule has 1 amide bonds. The minimum Gasteiger partial charge on any atom is -0.489 e. The van der Waals surface area contributed by atoms with E-state index in [1.165, 1.54) is 0 Å². The van der Waals surface area contributed by atoms with Crippen molar-refractivity contribution in [3.05, 3.63) is 95.8 Å². The summed E-state index contributed by atoms with van der Waals surface area (Å²) in [6.45, 7) is 1.81. The van der Waals surface area contributed by atoms with Gasteiger partial charge in [-0.2, -0.15) is 0 Å². The van der Waals surface area contributed by atoms with Crippen LogP contribution in [0.15, 0.2) is 78.9 Å². The highest BCUT2D eigenvalue weighted by Gasteiger charge is 2.28. The average molecular weight is 412 g/mol. The van der Waals surface area contributed by atoms with Gasteiger partial charge in [-0.1, -0.05) is 48.5 Å². The molecule has 5 heteroatoms. The molecule has 1 aliphatic rings. The van der Waals surface area contributed by atoms with Gasteiger partial charge in [0.1, 0.15) is 18.2 Å². The van der Waals surface area contributed by atoms with Crippen molar-refractivity contribution in [3.8, 4) is 5.75 Å². The molecule has 0 radical (unpaired) electrons. The van der Waals surface area contributed by atoms with E-state index in [4.69, 9.17) is 9.72 Å². The van der Waals surface area contributed by atoms with Crippen LogP contribution in [-0.2, 0) is 6.61 Å². The molecule has 1 fully saturated rings. The Morgan fingerprint density at radius 1 is 1.00 bits per heavy atom. The fourth-order valence-corrected chi connectivity index (χ4v) is 4.25. The number of para-hydroxylation sites is 3. The number of aromatic nitrogens is 2. The van der Waals surface area contributed by atoms with Crippen LogP contribution in [-0.4, -0.2) is 33.9 Å². The van der Waals surface area contributed by atoms with Crippen molar-refractivity contribution < 1.29 is 9.53 Å². The van der Waals surface area contributed by atoms with Crippen LogP contribution < -0.4 is 4.74 Å². The number of nitrogens with zero attached hydrogens (tertiary/aromatic N) is 2. The number of rotatable bonds is 5. The average Bonchev–Trinajstić information content (AvgIpc) is 3.28. The topological polar surface area (TPSA) is 58.2 Å². The largest absolute Gasteiger partial charge is 0.489 e. The lowest BCUT2D eigenvalue weighted by molar-refractivity contribution is 0.0702. The maximum absolute atomic E-state index is 13.4. The SMILES string of the molecule is O=C(c1ccccc1COc1ccccc1)N1CCCC(c2nc3ccccc3[nH]2)C1. The number of benzene rings is 3. The van der Waals surface area contributed by atoms with E-state index in [1.54, 1.807) is 0 Å². The second-order valence-electron chi connectivity index (χ2n) is 7.99. The summed E-state index contributed by atoms with van der Waals surface area (Å²) in [4.78, 5) is 23.6. The van der Waals surface area contributed by atoms with Gasteiger partial charge in [0.25, 0.3) is 5.91 Å². The Bertz CT molecular complexity index is 1150. The Balaban J connectivity index is 1.32. The lowest BCUT2D eigenvalue weighted by Gasteiger charge is -2.32. The number of nitrogens with one attached hydrogen (secondary N) is 1. The number of likely N-dealkylation sites (tertiary alicyclic amines) is 1. The third-order valence-corrected chi connectivity index (χ3v) is 5.89. The summed E-state index contributed by atoms with van der Waals surface area (Å²) in [6, 6.07) is 25.5. The molecule has 1 aromatic heterocycles. The van der Waals surface area contributed by atoms with Crippen LogP contribution in [0, 0.1) is 0 Å². The lowest BCUT2D eigenvalue weighted by Crippen LogP contribution is -2.39. The maximum atomic E-state index is 13.4. The number of H-pyrrole nitrogens is 1. The van der Waals surface area contributed by atoms with Gasteiger partial charge < -0.3 is 14.6 Å². The molecule has 156 valence electrons. The molecule has 31 heavy (non-hydrogen) atoms. The third-order valence-electron chi connectivity index (χ3n) is 5.89. The Kier molecular flexibility index (Phi) is 5.40. The number of hydrogen-bond donors (Lipinski definition) is 1. The number of amides is 1. The van der Waals surface area contributed by atoms with E-state index in [2.05, 4.69) is 4.98 Å². The van der Waals surface area contributed by atoms with Crippen LogP contribution >= 0.6 is 0 Å². The molecule has 1 N–H and O–H groups in total. The van der Waals surface area contributed by atoms with Crippen LogP contribution in [0.1, 0.15) is 40.5 Å². The summed E-state index contributed by atoms with van der Waals surface area (Å²) in [5, 5.41) is 0. The number of hydrogen-bond acceptors (Lipinski definition) is 3. The second kappa shape index (κ2) is 8.64. The smallest absolute Gasteiger partial charge is 0.254 e. The zero-order chi connectivity index (χ0) is 21.0. The van der Waals surface area contributed by atoms with E-state index in [0.717, 1.165) is 47.6 Å². The second-order valence-corrected chi connectivity index (χ2v) is 7.99. The zero-order valence-corrected chi connectivity index (χ0v) is 17.3. The van der Waals surface area contributed by atoms with E-state index >= 15 is 0 Å². The number of carbonyl (C=O) groups is 1. The standard InChI is InChI=1S/C26H25N3O2/c30-26(22-13-5-4-9-20(22)18-31-21-11-2-1-3-12-21)29-16-8-10-19(17-29)25-27-23-14-6-7-15-24(23)28-25/h1-7,9,11-15,19H,8,10,16-18H2,(H,27,28). The Morgan fingerprint density at radius 2 is 1.77 bits per heavy atom. The van der Waals surface area contributed by atoms with Crippen LogP contribution in [0.25, 0.3) is 11.0 Å². The van der Waals surface area contributed by atoms with E-state index in [-0.39, 0.29) is 11.8 Å². The maximum Gasteiger partial charge on any atom is 0.254 e. The first-order valence-electron chi connectivity index (χ1n) is 10.8. The molecule has 0 spiro atoms. The van der Waals surface area contributed by atoms with Crippen LogP contribution in [0.4, 0.5) is 0 Å². The molecule has 1 aliphatic heterocycles.